The second-order valence-electron chi connectivity index (χ2n) is 41.4. The van der Waals surface area contributed by atoms with Crippen LogP contribution in [0.2, 0.25) is 0 Å². The number of hydrogen-bond donors (Lipinski definition) is 4. The number of benzene rings is 10. The van der Waals surface area contributed by atoms with E-state index in [0.29, 0.717) is 0 Å². The van der Waals surface area contributed by atoms with E-state index in [0.717, 1.165) is 157 Å². The first-order chi connectivity index (χ1) is 69.1. The lowest BCUT2D eigenvalue weighted by molar-refractivity contribution is 0.470. The first-order valence-corrected chi connectivity index (χ1v) is 56.8. The smallest absolute Gasteiger partial charge is 0.140 e. The zero-order valence-corrected chi connectivity index (χ0v) is 92.1. The van der Waals surface area contributed by atoms with E-state index in [1.165, 1.54) is 313 Å². The molecule has 0 unspecified atom stereocenters. The summed E-state index contributed by atoms with van der Waals surface area (Å²) in [6.45, 7) is 41.5. The van der Waals surface area contributed by atoms with Crippen LogP contribution in [0.3, 0.4) is 0 Å². The normalized spacial score (nSPS) is 11.3. The molecule has 0 saturated heterocycles. The fraction of sp³-hybridized carbons (Fsp3) is 0.535. The minimum atomic E-state index is 0.196. The molecule has 776 valence electrons. The Morgan fingerprint density at radius 3 is 0.577 bits per heavy atom. The topological polar surface area (TPSA) is 110 Å². The summed E-state index contributed by atoms with van der Waals surface area (Å²) in [6.07, 6.45) is 55.5. The highest BCUT2D eigenvalue weighted by molar-refractivity contribution is 5.87. The molecule has 0 radical (unpaired) electrons. The summed E-state index contributed by atoms with van der Waals surface area (Å²) in [4.78, 5) is 21.4. The van der Waals surface area contributed by atoms with E-state index in [-0.39, 0.29) is 23.0 Å². The Morgan fingerprint density at radius 1 is 0.155 bits per heavy atom. The van der Waals surface area contributed by atoms with Gasteiger partial charge in [0.2, 0.25) is 0 Å². The molecule has 10 rings (SSSR count). The number of phenols is 4. The number of anilines is 17. The zero-order valence-electron chi connectivity index (χ0n) is 92.1. The number of phenolic OH excluding ortho intramolecular Hbond substituents is 4. The summed E-state index contributed by atoms with van der Waals surface area (Å²) in [5.41, 5.74) is 25.6. The predicted octanol–water partition coefficient (Wildman–Crippen LogP) is 38.8. The zero-order chi connectivity index (χ0) is 102. The average molecular weight is 1930 g/mol. The van der Waals surface area contributed by atoms with Gasteiger partial charge in [0.1, 0.15) is 23.0 Å². The van der Waals surface area contributed by atoms with Crippen molar-refractivity contribution < 1.29 is 20.4 Å². The molecule has 0 saturated carbocycles. The van der Waals surface area contributed by atoms with Gasteiger partial charge in [-0.3, -0.25) is 0 Å². The lowest BCUT2D eigenvalue weighted by atomic mass is 10.1. The average Bonchev–Trinajstić information content (AvgIpc) is 0.776. The fourth-order valence-electron chi connectivity index (χ4n) is 20.3. The molecular formula is C129H191N9O4. The molecule has 0 bridgehead atoms. The van der Waals surface area contributed by atoms with E-state index in [1.54, 1.807) is 12.1 Å². The van der Waals surface area contributed by atoms with Gasteiger partial charge in [-0.15, -0.1) is 0 Å². The first-order valence-electron chi connectivity index (χ1n) is 56.8. The molecule has 0 aliphatic carbocycles. The summed E-state index contributed by atoms with van der Waals surface area (Å²) in [7, 11) is 4.26. The van der Waals surface area contributed by atoms with E-state index in [4.69, 9.17) is 0 Å². The molecule has 0 aliphatic rings. The molecule has 0 amide bonds. The van der Waals surface area contributed by atoms with Crippen LogP contribution in [-0.2, 0) is 0 Å². The van der Waals surface area contributed by atoms with Crippen molar-refractivity contribution in [1.29, 1.82) is 0 Å². The Morgan fingerprint density at radius 2 is 0.338 bits per heavy atom. The van der Waals surface area contributed by atoms with Gasteiger partial charge in [0, 0.05) is 176 Å². The predicted molar refractivity (Wildman–Crippen MR) is 623 cm³/mol. The van der Waals surface area contributed by atoms with Crippen LogP contribution in [0.1, 0.15) is 377 Å². The number of hydrogen-bond acceptors (Lipinski definition) is 13. The molecule has 13 nitrogen and oxygen atoms in total. The summed E-state index contributed by atoms with van der Waals surface area (Å²) < 4.78 is 0. The molecule has 0 aromatic heterocycles. The monoisotopic (exact) mass is 1930 g/mol. The maximum atomic E-state index is 12.3. The van der Waals surface area contributed by atoms with Crippen LogP contribution in [-0.4, -0.2) is 86.9 Å². The Hall–Kier alpha value is -10.4. The van der Waals surface area contributed by atoms with Crippen molar-refractivity contribution in [3.05, 3.63) is 233 Å². The Balaban J connectivity index is 0.000000327. The van der Waals surface area contributed by atoms with Crippen LogP contribution in [0, 0.1) is 48.5 Å². The summed E-state index contributed by atoms with van der Waals surface area (Å²) in [5.74, 6) is 0.911. The van der Waals surface area contributed by atoms with Crippen molar-refractivity contribution in [3.63, 3.8) is 0 Å². The van der Waals surface area contributed by atoms with Crippen molar-refractivity contribution in [2.75, 3.05) is 111 Å². The number of nitrogens with zero attached hydrogens (tertiary/aromatic N) is 9. The molecule has 0 spiro atoms. The van der Waals surface area contributed by atoms with Gasteiger partial charge >= 0.3 is 0 Å². The Labute approximate surface area is 864 Å². The SMILES string of the molecule is CCCCCCCCCCN(CCCCCCCCCC)c1ccc(N(c2ccc(N(c3ccc(C)c(O)c3)c3ccc(C)c(O)c3)cc2)c2ccc(N(CCCCCCCCCC)CCCCCCCCCC)c(O)c2)cc1O.CCCCCN(CCCCC)c1ccc(N(c2ccc(N(c3ccc(C)c(C)c3)c3ccc(C)c(N(C)C)c3)cc2)c2ccc(N(CCCCC)CCCCC)c(C)c2)cc1C. The quantitative estimate of drug-likeness (QED) is 0.0272. The van der Waals surface area contributed by atoms with Crippen molar-refractivity contribution in [3.8, 4) is 23.0 Å². The third-order valence-electron chi connectivity index (χ3n) is 29.2. The van der Waals surface area contributed by atoms with E-state index in [9.17, 15) is 20.4 Å². The number of rotatable bonds is 69. The van der Waals surface area contributed by atoms with Gasteiger partial charge in [0.15, 0.2) is 0 Å². The van der Waals surface area contributed by atoms with Crippen LogP contribution in [0.5, 0.6) is 23.0 Å². The van der Waals surface area contributed by atoms with Crippen molar-refractivity contribution >= 4 is 96.7 Å². The van der Waals surface area contributed by atoms with E-state index >= 15 is 0 Å². The Kier molecular flexibility index (Phi) is 52.2. The molecule has 0 fully saturated rings. The van der Waals surface area contributed by atoms with Gasteiger partial charge in [0.25, 0.3) is 0 Å². The minimum absolute atomic E-state index is 0.196. The number of unbranched alkanes of at least 4 members (excludes halogenated alkanes) is 36. The lowest BCUT2D eigenvalue weighted by Gasteiger charge is -2.32. The van der Waals surface area contributed by atoms with E-state index < -0.39 is 0 Å². The van der Waals surface area contributed by atoms with E-state index in [1.807, 2.05) is 55.1 Å². The summed E-state index contributed by atoms with van der Waals surface area (Å²) in [6, 6.07) is 69.2. The highest BCUT2D eigenvalue weighted by atomic mass is 16.3. The maximum Gasteiger partial charge on any atom is 0.140 e. The molecule has 13 heteroatoms. The standard InChI is InChI=1S/C72H110N4O4.C57H81N5/c1-7-11-15-19-23-27-31-35-51-73(52-36-32-28-24-20-16-12-8-2)67-49-47-65(57-71(67)79)76(62-45-43-61(44-46-62)75(63-41-39-59(5)69(77)55-63)64-42-40-60(6)70(78)56-64)66-48-50-68(72(80)58-66)74(53-37-33-29-25-21-17-13-9-3)54-38-34-30-26-22-18-14-10-4;1-12-16-20-36-59(37-21-17-13-2)55-34-32-52(41-47(55)8)61(53-33-35-56(48(9)42-53)60(38-22-18-14-3)39-23-19-15-4)49-28-30-50(31-29-49)62(51-26-24-44(5)46(7)40-51)54-27-25-45(6)57(43-54)58(10)11/h39-50,55-58,77-80H,7-38,51-54H2,1-6H3;24-35,40-43H,12-23,36-39H2,1-11H3. The molecule has 0 aliphatic heterocycles. The van der Waals surface area contributed by atoms with Crippen LogP contribution < -0.4 is 44.1 Å². The minimum Gasteiger partial charge on any atom is -0.508 e. The third kappa shape index (κ3) is 36.7. The summed E-state index contributed by atoms with van der Waals surface area (Å²) in [5, 5.41) is 46.3. The van der Waals surface area contributed by atoms with Crippen molar-refractivity contribution in [2.24, 2.45) is 0 Å². The highest BCUT2D eigenvalue weighted by Gasteiger charge is 2.26. The molecule has 10 aromatic rings. The van der Waals surface area contributed by atoms with Crippen LogP contribution in [0.15, 0.2) is 194 Å². The highest BCUT2D eigenvalue weighted by Crippen LogP contribution is 2.48. The van der Waals surface area contributed by atoms with Crippen molar-refractivity contribution in [2.45, 2.75) is 386 Å². The van der Waals surface area contributed by atoms with Crippen molar-refractivity contribution in [1.82, 2.24) is 0 Å². The van der Waals surface area contributed by atoms with Gasteiger partial charge in [-0.05, 0) is 284 Å². The number of aromatic hydroxyl groups is 4. The Bertz CT molecular complexity index is 4920. The van der Waals surface area contributed by atoms with Gasteiger partial charge in [0.05, 0.1) is 11.4 Å². The maximum absolute atomic E-state index is 12.3. The van der Waals surface area contributed by atoms with Crippen LogP contribution >= 0.6 is 0 Å². The second-order valence-corrected chi connectivity index (χ2v) is 41.4. The molecule has 0 heterocycles. The molecular weight excluding hydrogens is 1740 g/mol. The van der Waals surface area contributed by atoms with Crippen LogP contribution in [0.4, 0.5) is 96.7 Å². The molecule has 4 N–H and O–H groups in total. The molecule has 10 aromatic carbocycles. The fourth-order valence-corrected chi connectivity index (χ4v) is 20.3. The lowest BCUT2D eigenvalue weighted by Crippen LogP contribution is -2.27. The van der Waals surface area contributed by atoms with Gasteiger partial charge in [-0.25, -0.2) is 0 Å². The molecule has 0 atom stereocenters. The van der Waals surface area contributed by atoms with E-state index in [2.05, 4.69) is 289 Å². The van der Waals surface area contributed by atoms with Gasteiger partial charge in [-0.2, -0.15) is 0 Å². The first kappa shape index (κ1) is 115. The second kappa shape index (κ2) is 64.4. The number of aryl methyl sites for hydroxylation is 7. The van der Waals surface area contributed by atoms with Gasteiger partial charge in [-0.1, -0.05) is 311 Å². The summed E-state index contributed by atoms with van der Waals surface area (Å²) >= 11 is 0. The van der Waals surface area contributed by atoms with Gasteiger partial charge < -0.3 is 64.5 Å². The largest absolute Gasteiger partial charge is 0.508 e. The third-order valence-corrected chi connectivity index (χ3v) is 29.2. The van der Waals surface area contributed by atoms with Crippen LogP contribution in [0.25, 0.3) is 0 Å². The molecule has 142 heavy (non-hydrogen) atoms.